The van der Waals surface area contributed by atoms with Crippen molar-refractivity contribution in [3.8, 4) is 0 Å². The summed E-state index contributed by atoms with van der Waals surface area (Å²) in [6, 6.07) is 6.15. The monoisotopic (exact) mass is 379 g/mol. The van der Waals surface area contributed by atoms with Gasteiger partial charge in [-0.1, -0.05) is 11.3 Å². The van der Waals surface area contributed by atoms with Crippen molar-refractivity contribution in [2.45, 2.75) is 4.90 Å². The molecule has 1 aromatic carbocycles. The molecule has 0 atom stereocenters. The minimum absolute atomic E-state index is 0.217. The molecule has 0 radical (unpaired) electrons. The molecule has 0 saturated carbocycles. The average Bonchev–Trinajstić information content (AvgIpc) is 3.04. The summed E-state index contributed by atoms with van der Waals surface area (Å²) in [5.74, 6) is 0.0137. The van der Waals surface area contributed by atoms with Gasteiger partial charge in [-0.3, -0.25) is 9.69 Å². The number of nitrogens with zero attached hydrogens (tertiary/aromatic N) is 3. The number of thioether (sulfide) groups is 1. The van der Waals surface area contributed by atoms with E-state index in [0.29, 0.717) is 24.9 Å². The minimum Gasteiger partial charge on any atom is -0.494 e. The molecule has 0 fully saturated rings. The summed E-state index contributed by atoms with van der Waals surface area (Å²) in [6.07, 6.45) is 3.44. The lowest BCUT2D eigenvalue weighted by Crippen LogP contribution is -2.38. The van der Waals surface area contributed by atoms with E-state index >= 15 is 0 Å². The van der Waals surface area contributed by atoms with Gasteiger partial charge in [0.1, 0.15) is 19.5 Å². The third kappa shape index (κ3) is 4.26. The summed E-state index contributed by atoms with van der Waals surface area (Å²) >= 11 is 3.21. The smallest absolute Gasteiger partial charge is 0.298 e. The Kier molecular flexibility index (Phi) is 5.82. The van der Waals surface area contributed by atoms with E-state index in [0.717, 1.165) is 16.8 Å². The van der Waals surface area contributed by atoms with Gasteiger partial charge in [-0.25, -0.2) is 4.98 Å². The van der Waals surface area contributed by atoms with Crippen LogP contribution in [0.1, 0.15) is 0 Å². The molecule has 0 saturated heterocycles. The molecule has 134 valence electrons. The first-order valence-electron chi connectivity index (χ1n) is 7.94. The molecule has 8 heteroatoms. The first-order valence-corrected chi connectivity index (χ1v) is 9.98. The van der Waals surface area contributed by atoms with E-state index < -0.39 is 0 Å². The average molecular weight is 380 g/mol. The summed E-state index contributed by atoms with van der Waals surface area (Å²) in [7, 11) is 3.95. The van der Waals surface area contributed by atoms with E-state index in [1.807, 2.05) is 37.4 Å². The van der Waals surface area contributed by atoms with E-state index in [2.05, 4.69) is 11.1 Å². The fraction of sp³-hybridized carbons (Fsp3) is 0.412. The Bertz CT molecular complexity index is 789. The Morgan fingerprint density at radius 1 is 1.32 bits per heavy atom. The van der Waals surface area contributed by atoms with E-state index in [1.54, 1.807) is 16.7 Å². The summed E-state index contributed by atoms with van der Waals surface area (Å²) in [4.78, 5) is 22.4. The summed E-state index contributed by atoms with van der Waals surface area (Å²) in [6.45, 7) is 2.11. The number of rotatable bonds is 6. The molecule has 25 heavy (non-hydrogen) atoms. The number of hydrogen-bond acceptors (Lipinski definition) is 7. The van der Waals surface area contributed by atoms with Crippen LogP contribution >= 0.6 is 23.1 Å². The number of benzene rings is 1. The van der Waals surface area contributed by atoms with Gasteiger partial charge in [0, 0.05) is 18.0 Å². The predicted octanol–water partition coefficient (Wildman–Crippen LogP) is 2.80. The molecule has 3 rings (SSSR count). The predicted molar refractivity (Wildman–Crippen MR) is 102 cm³/mol. The van der Waals surface area contributed by atoms with Gasteiger partial charge in [-0.05, 0) is 38.6 Å². The molecule has 1 aromatic heterocycles. The molecule has 2 aromatic rings. The van der Waals surface area contributed by atoms with E-state index in [-0.39, 0.29) is 11.7 Å². The molecule has 0 spiro atoms. The van der Waals surface area contributed by atoms with Gasteiger partial charge in [0.25, 0.3) is 5.91 Å². The molecule has 0 unspecified atom stereocenters. The molecule has 6 nitrogen and oxygen atoms in total. The number of amides is 1. The molecule has 2 heterocycles. The van der Waals surface area contributed by atoms with Crippen molar-refractivity contribution in [2.75, 3.05) is 51.6 Å². The lowest BCUT2D eigenvalue weighted by atomic mass is 10.3. The maximum absolute atomic E-state index is 12.9. The van der Waals surface area contributed by atoms with Gasteiger partial charge in [-0.15, -0.1) is 11.8 Å². The lowest BCUT2D eigenvalue weighted by molar-refractivity contribution is -0.119. The Labute approximate surface area is 155 Å². The fourth-order valence-corrected chi connectivity index (χ4v) is 3.88. The molecule has 1 amide bonds. The SMILES string of the molecule is CSc1ccc2nc(N(CCN(C)C)C(=O)C3=COCCO3)sc2c1. The third-order valence-corrected chi connectivity index (χ3v) is 5.46. The zero-order chi connectivity index (χ0) is 17.8. The van der Waals surface area contributed by atoms with Crippen LogP contribution in [0.15, 0.2) is 35.1 Å². The van der Waals surface area contributed by atoms with Gasteiger partial charge in [0.15, 0.2) is 5.13 Å². The Morgan fingerprint density at radius 3 is 2.84 bits per heavy atom. The third-order valence-electron chi connectivity index (χ3n) is 3.69. The van der Waals surface area contributed by atoms with Crippen LogP contribution in [-0.2, 0) is 14.3 Å². The van der Waals surface area contributed by atoms with Crippen molar-refractivity contribution in [2.24, 2.45) is 0 Å². The van der Waals surface area contributed by atoms with Crippen molar-refractivity contribution in [3.63, 3.8) is 0 Å². The molecule has 0 bridgehead atoms. The maximum atomic E-state index is 12.9. The van der Waals surface area contributed by atoms with Crippen molar-refractivity contribution < 1.29 is 14.3 Å². The van der Waals surface area contributed by atoms with E-state index in [9.17, 15) is 4.79 Å². The highest BCUT2D eigenvalue weighted by molar-refractivity contribution is 7.98. The lowest BCUT2D eigenvalue weighted by Gasteiger charge is -2.24. The van der Waals surface area contributed by atoms with Crippen LogP contribution in [0.4, 0.5) is 5.13 Å². The van der Waals surface area contributed by atoms with Crippen LogP contribution in [0.3, 0.4) is 0 Å². The van der Waals surface area contributed by atoms with E-state index in [4.69, 9.17) is 9.47 Å². The van der Waals surface area contributed by atoms with Crippen LogP contribution in [-0.4, -0.2) is 62.4 Å². The van der Waals surface area contributed by atoms with Gasteiger partial charge >= 0.3 is 0 Å². The molecular weight excluding hydrogens is 358 g/mol. The fourth-order valence-electron chi connectivity index (χ4n) is 2.33. The normalized spacial score (nSPS) is 14.2. The number of aromatic nitrogens is 1. The van der Waals surface area contributed by atoms with Crippen molar-refractivity contribution in [1.29, 1.82) is 0 Å². The molecule has 0 aliphatic carbocycles. The highest BCUT2D eigenvalue weighted by Crippen LogP contribution is 2.32. The molecular formula is C17H21N3O3S2. The zero-order valence-electron chi connectivity index (χ0n) is 14.5. The van der Waals surface area contributed by atoms with Gasteiger partial charge < -0.3 is 14.4 Å². The van der Waals surface area contributed by atoms with Gasteiger partial charge in [-0.2, -0.15) is 0 Å². The van der Waals surface area contributed by atoms with E-state index in [1.165, 1.54) is 22.5 Å². The van der Waals surface area contributed by atoms with Crippen LogP contribution in [0, 0.1) is 0 Å². The second kappa shape index (κ2) is 8.07. The maximum Gasteiger partial charge on any atom is 0.298 e. The minimum atomic E-state index is -0.217. The summed E-state index contributed by atoms with van der Waals surface area (Å²) in [5.41, 5.74) is 0.898. The first kappa shape index (κ1) is 18.0. The first-order chi connectivity index (χ1) is 12.1. The van der Waals surface area contributed by atoms with Gasteiger partial charge in [0.05, 0.1) is 10.2 Å². The Balaban J connectivity index is 1.92. The number of ether oxygens (including phenoxy) is 2. The highest BCUT2D eigenvalue weighted by atomic mass is 32.2. The number of carbonyl (C=O) groups excluding carboxylic acids is 1. The molecule has 0 N–H and O–H groups in total. The Morgan fingerprint density at radius 2 is 2.16 bits per heavy atom. The number of hydrogen-bond donors (Lipinski definition) is 0. The van der Waals surface area contributed by atoms with Gasteiger partial charge in [0.2, 0.25) is 5.76 Å². The summed E-state index contributed by atoms with van der Waals surface area (Å²) in [5, 5.41) is 0.676. The standard InChI is InChI=1S/C17H21N3O3S2/c1-19(2)6-7-20(16(21)14-11-22-8-9-23-14)17-18-13-5-4-12(24-3)10-15(13)25-17/h4-5,10-11H,6-9H2,1-3H3. The largest absolute Gasteiger partial charge is 0.494 e. The quantitative estimate of drug-likeness (QED) is 0.720. The number of fused-ring (bicyclic) bond motifs is 1. The Hall–Kier alpha value is -1.77. The second-order valence-corrected chi connectivity index (χ2v) is 7.68. The summed E-state index contributed by atoms with van der Waals surface area (Å²) < 4.78 is 11.8. The number of likely N-dealkylation sites (N-methyl/N-ethyl adjacent to an activating group) is 1. The van der Waals surface area contributed by atoms with Crippen molar-refractivity contribution in [1.82, 2.24) is 9.88 Å². The van der Waals surface area contributed by atoms with Crippen LogP contribution in [0.2, 0.25) is 0 Å². The van der Waals surface area contributed by atoms with Crippen molar-refractivity contribution in [3.05, 3.63) is 30.2 Å². The molecule has 1 aliphatic heterocycles. The van der Waals surface area contributed by atoms with Crippen LogP contribution in [0.25, 0.3) is 10.2 Å². The topological polar surface area (TPSA) is 54.9 Å². The van der Waals surface area contributed by atoms with Crippen molar-refractivity contribution >= 4 is 44.4 Å². The highest BCUT2D eigenvalue weighted by Gasteiger charge is 2.26. The van der Waals surface area contributed by atoms with Crippen LogP contribution in [0.5, 0.6) is 0 Å². The molecule has 1 aliphatic rings. The number of anilines is 1. The zero-order valence-corrected chi connectivity index (χ0v) is 16.2. The number of thiazole rings is 1. The van der Waals surface area contributed by atoms with Crippen LogP contribution < -0.4 is 4.90 Å². The number of carbonyl (C=O) groups is 1. The second-order valence-electron chi connectivity index (χ2n) is 5.79.